The first-order valence-corrected chi connectivity index (χ1v) is 10.4. The number of imidazole rings is 1. The van der Waals surface area contributed by atoms with E-state index < -0.39 is 0 Å². The first kappa shape index (κ1) is 19.1. The average Bonchev–Trinajstić information content (AvgIpc) is 3.33. The molecule has 1 N–H and O–H groups in total. The second-order valence-electron chi connectivity index (χ2n) is 6.92. The van der Waals surface area contributed by atoms with Crippen molar-refractivity contribution in [2.75, 3.05) is 5.32 Å². The van der Waals surface area contributed by atoms with Crippen LogP contribution in [0.3, 0.4) is 0 Å². The summed E-state index contributed by atoms with van der Waals surface area (Å²) in [6.07, 6.45) is 4.84. The van der Waals surface area contributed by atoms with Gasteiger partial charge in [-0.05, 0) is 30.2 Å². The van der Waals surface area contributed by atoms with Crippen molar-refractivity contribution in [3.05, 3.63) is 100 Å². The molecule has 0 aliphatic carbocycles. The molecule has 0 fully saturated rings. The topological polar surface area (TPSA) is 59.8 Å². The van der Waals surface area contributed by atoms with Gasteiger partial charge in [0.15, 0.2) is 0 Å². The van der Waals surface area contributed by atoms with Gasteiger partial charge in [-0.2, -0.15) is 0 Å². The molecular weight excluding hydrogens is 380 g/mol. The molecule has 4 aromatic rings. The zero-order valence-corrected chi connectivity index (χ0v) is 17.0. The highest BCUT2D eigenvalue weighted by molar-refractivity contribution is 7.09. The lowest BCUT2D eigenvalue weighted by atomic mass is 10.2. The van der Waals surface area contributed by atoms with Gasteiger partial charge in [-0.15, -0.1) is 11.3 Å². The summed E-state index contributed by atoms with van der Waals surface area (Å²) in [5, 5.41) is 5.95. The minimum atomic E-state index is -0.0558. The quantitative estimate of drug-likeness (QED) is 0.496. The fourth-order valence-electron chi connectivity index (χ4n) is 3.11. The van der Waals surface area contributed by atoms with E-state index in [1.165, 1.54) is 5.56 Å². The first-order valence-electron chi connectivity index (χ1n) is 9.49. The molecule has 0 unspecified atom stereocenters. The van der Waals surface area contributed by atoms with Crippen LogP contribution in [0.2, 0.25) is 0 Å². The number of hydrogen-bond acceptors (Lipinski definition) is 4. The van der Waals surface area contributed by atoms with Gasteiger partial charge in [-0.1, -0.05) is 42.5 Å². The minimum absolute atomic E-state index is 0.0558. The number of rotatable bonds is 7. The standard InChI is InChI=1S/C23H22N4OS/c1-17-24-11-12-27(17)15-19-7-9-20(10-8-19)25-22(28)14-21-16-29-23(26-21)13-18-5-3-2-4-6-18/h2-12,16H,13-15H2,1H3,(H,25,28). The van der Waals surface area contributed by atoms with Crippen LogP contribution in [-0.4, -0.2) is 20.4 Å². The molecule has 0 spiro atoms. The summed E-state index contributed by atoms with van der Waals surface area (Å²) >= 11 is 1.60. The van der Waals surface area contributed by atoms with Crippen molar-refractivity contribution in [2.45, 2.75) is 26.3 Å². The second kappa shape index (κ2) is 8.84. The Morgan fingerprint density at radius 3 is 2.59 bits per heavy atom. The largest absolute Gasteiger partial charge is 0.331 e. The average molecular weight is 403 g/mol. The number of aryl methyl sites for hydroxylation is 1. The lowest BCUT2D eigenvalue weighted by Gasteiger charge is -2.08. The smallest absolute Gasteiger partial charge is 0.230 e. The van der Waals surface area contributed by atoms with E-state index in [-0.39, 0.29) is 12.3 Å². The number of hydrogen-bond donors (Lipinski definition) is 1. The molecule has 2 aromatic heterocycles. The lowest BCUT2D eigenvalue weighted by Crippen LogP contribution is -2.14. The van der Waals surface area contributed by atoms with Crippen LogP contribution in [0.25, 0.3) is 0 Å². The molecule has 2 aromatic carbocycles. The Morgan fingerprint density at radius 2 is 1.86 bits per heavy atom. The summed E-state index contributed by atoms with van der Waals surface area (Å²) < 4.78 is 2.09. The monoisotopic (exact) mass is 402 g/mol. The van der Waals surface area contributed by atoms with E-state index in [1.54, 1.807) is 17.5 Å². The number of nitrogens with zero attached hydrogens (tertiary/aromatic N) is 3. The summed E-state index contributed by atoms with van der Waals surface area (Å²) in [7, 11) is 0. The summed E-state index contributed by atoms with van der Waals surface area (Å²) in [6, 6.07) is 18.1. The summed E-state index contributed by atoms with van der Waals surface area (Å²) in [4.78, 5) is 21.2. The minimum Gasteiger partial charge on any atom is -0.331 e. The molecule has 1 amide bonds. The van der Waals surface area contributed by atoms with E-state index in [0.29, 0.717) is 0 Å². The van der Waals surface area contributed by atoms with E-state index in [1.807, 2.05) is 61.0 Å². The molecule has 0 aliphatic heterocycles. The van der Waals surface area contributed by atoms with Gasteiger partial charge in [0.05, 0.1) is 17.1 Å². The number of aromatic nitrogens is 3. The van der Waals surface area contributed by atoms with Gasteiger partial charge in [0, 0.05) is 36.4 Å². The van der Waals surface area contributed by atoms with E-state index in [0.717, 1.165) is 40.7 Å². The maximum absolute atomic E-state index is 12.4. The van der Waals surface area contributed by atoms with Gasteiger partial charge in [-0.3, -0.25) is 4.79 Å². The van der Waals surface area contributed by atoms with E-state index in [4.69, 9.17) is 0 Å². The van der Waals surface area contributed by atoms with Crippen molar-refractivity contribution < 1.29 is 4.79 Å². The number of thiazole rings is 1. The Bertz CT molecular complexity index is 1080. The van der Waals surface area contributed by atoms with Gasteiger partial charge >= 0.3 is 0 Å². The van der Waals surface area contributed by atoms with Crippen LogP contribution in [0, 0.1) is 6.92 Å². The molecule has 4 rings (SSSR count). The van der Waals surface area contributed by atoms with Crippen LogP contribution in [0.15, 0.2) is 72.4 Å². The third kappa shape index (κ3) is 5.18. The van der Waals surface area contributed by atoms with Crippen LogP contribution >= 0.6 is 11.3 Å². The predicted molar refractivity (Wildman–Crippen MR) is 116 cm³/mol. The molecule has 0 radical (unpaired) electrons. The summed E-state index contributed by atoms with van der Waals surface area (Å²) in [6.45, 7) is 2.75. The van der Waals surface area contributed by atoms with E-state index >= 15 is 0 Å². The van der Waals surface area contributed by atoms with E-state index in [9.17, 15) is 4.79 Å². The van der Waals surface area contributed by atoms with Gasteiger partial charge in [-0.25, -0.2) is 9.97 Å². The molecule has 0 saturated carbocycles. The summed E-state index contributed by atoms with van der Waals surface area (Å²) in [5.74, 6) is 0.928. The Morgan fingerprint density at radius 1 is 1.07 bits per heavy atom. The van der Waals surface area contributed by atoms with Crippen molar-refractivity contribution in [3.8, 4) is 0 Å². The molecule has 6 heteroatoms. The highest BCUT2D eigenvalue weighted by atomic mass is 32.1. The van der Waals surface area contributed by atoms with Crippen molar-refractivity contribution in [1.82, 2.24) is 14.5 Å². The first-order chi connectivity index (χ1) is 14.2. The Kier molecular flexibility index (Phi) is 5.81. The molecule has 5 nitrogen and oxygen atoms in total. The predicted octanol–water partition coefficient (Wildman–Crippen LogP) is 4.47. The third-order valence-corrected chi connectivity index (χ3v) is 5.55. The van der Waals surface area contributed by atoms with Crippen molar-refractivity contribution in [2.24, 2.45) is 0 Å². The molecule has 29 heavy (non-hydrogen) atoms. The number of benzene rings is 2. The van der Waals surface area contributed by atoms with Gasteiger partial charge in [0.25, 0.3) is 0 Å². The third-order valence-electron chi connectivity index (χ3n) is 4.65. The SMILES string of the molecule is Cc1nccn1Cc1ccc(NC(=O)Cc2csc(Cc3ccccc3)n2)cc1. The van der Waals surface area contributed by atoms with Crippen molar-refractivity contribution in [3.63, 3.8) is 0 Å². The lowest BCUT2D eigenvalue weighted by molar-refractivity contribution is -0.115. The van der Waals surface area contributed by atoms with Crippen LogP contribution < -0.4 is 5.32 Å². The second-order valence-corrected chi connectivity index (χ2v) is 7.86. The highest BCUT2D eigenvalue weighted by Gasteiger charge is 2.09. The molecule has 146 valence electrons. The van der Waals surface area contributed by atoms with Crippen LogP contribution in [0.5, 0.6) is 0 Å². The van der Waals surface area contributed by atoms with Crippen LogP contribution in [0.4, 0.5) is 5.69 Å². The van der Waals surface area contributed by atoms with Crippen LogP contribution in [0.1, 0.15) is 27.7 Å². The maximum Gasteiger partial charge on any atom is 0.230 e. The van der Waals surface area contributed by atoms with Crippen LogP contribution in [-0.2, 0) is 24.2 Å². The van der Waals surface area contributed by atoms with Gasteiger partial charge in [0.2, 0.25) is 5.91 Å². The molecule has 0 atom stereocenters. The van der Waals surface area contributed by atoms with Crippen molar-refractivity contribution in [1.29, 1.82) is 0 Å². The zero-order valence-electron chi connectivity index (χ0n) is 16.2. The Balaban J connectivity index is 1.31. The molecule has 2 heterocycles. The number of anilines is 1. The fraction of sp³-hybridized carbons (Fsp3) is 0.174. The molecule has 0 aliphatic rings. The number of carbonyl (C=O) groups excluding carboxylic acids is 1. The number of carbonyl (C=O) groups is 1. The molecule has 0 bridgehead atoms. The maximum atomic E-state index is 12.4. The fourth-order valence-corrected chi connectivity index (χ4v) is 3.94. The van der Waals surface area contributed by atoms with Gasteiger partial charge < -0.3 is 9.88 Å². The van der Waals surface area contributed by atoms with E-state index in [2.05, 4.69) is 32.0 Å². The zero-order chi connectivity index (χ0) is 20.1. The molecule has 0 saturated heterocycles. The Labute approximate surface area is 174 Å². The van der Waals surface area contributed by atoms with Crippen molar-refractivity contribution >= 4 is 22.9 Å². The number of nitrogens with one attached hydrogen (secondary N) is 1. The highest BCUT2D eigenvalue weighted by Crippen LogP contribution is 2.16. The van der Waals surface area contributed by atoms with Gasteiger partial charge in [0.1, 0.15) is 5.82 Å². The Hall–Kier alpha value is -3.25. The number of amides is 1. The summed E-state index contributed by atoms with van der Waals surface area (Å²) in [5.41, 5.74) is 3.99. The molecular formula is C23H22N4OS. The normalized spacial score (nSPS) is 10.8.